The number of hydrogen-bond acceptors (Lipinski definition) is 6. The smallest absolute Gasteiger partial charge is 0.419 e. The number of aromatic nitrogens is 2. The first-order chi connectivity index (χ1) is 13.1. The Morgan fingerprint density at radius 2 is 1.93 bits per heavy atom. The van der Waals surface area contributed by atoms with Crippen LogP contribution < -0.4 is 0 Å². The molecule has 8 nitrogen and oxygen atoms in total. The molecular formula is C19H19N3O5. The molecule has 3 heterocycles. The normalized spacial score (nSPS) is 21.6. The van der Waals surface area contributed by atoms with Crippen molar-refractivity contribution in [3.8, 4) is 0 Å². The number of imide groups is 1. The zero-order chi connectivity index (χ0) is 19.0. The summed E-state index contributed by atoms with van der Waals surface area (Å²) in [6.45, 7) is 2.23. The highest BCUT2D eigenvalue weighted by atomic mass is 16.5. The molecule has 1 fully saturated rings. The second-order valence-electron chi connectivity index (χ2n) is 6.50. The van der Waals surface area contributed by atoms with E-state index in [1.807, 2.05) is 0 Å². The number of ether oxygens (including phenoxy) is 2. The lowest BCUT2D eigenvalue weighted by Gasteiger charge is -2.19. The van der Waals surface area contributed by atoms with Gasteiger partial charge in [0.1, 0.15) is 12.4 Å². The maximum absolute atomic E-state index is 12.5. The van der Waals surface area contributed by atoms with Gasteiger partial charge in [-0.3, -0.25) is 14.5 Å². The van der Waals surface area contributed by atoms with Crippen LogP contribution >= 0.6 is 0 Å². The fourth-order valence-corrected chi connectivity index (χ4v) is 3.47. The second kappa shape index (κ2) is 6.96. The molecule has 8 heteroatoms. The van der Waals surface area contributed by atoms with Crippen LogP contribution in [0.5, 0.6) is 0 Å². The molecule has 1 aromatic heterocycles. The Morgan fingerprint density at radius 3 is 2.59 bits per heavy atom. The Balaban J connectivity index is 1.40. The molecule has 0 bridgehead atoms. The first kappa shape index (κ1) is 17.4. The van der Waals surface area contributed by atoms with Gasteiger partial charge in [0.2, 0.25) is 0 Å². The summed E-state index contributed by atoms with van der Waals surface area (Å²) in [4.78, 5) is 42.1. The van der Waals surface area contributed by atoms with Gasteiger partial charge in [-0.1, -0.05) is 12.1 Å². The number of amides is 2. The van der Waals surface area contributed by atoms with E-state index in [0.29, 0.717) is 29.7 Å². The third-order valence-corrected chi connectivity index (χ3v) is 4.78. The number of carbonyl (C=O) groups excluding carboxylic acids is 3. The van der Waals surface area contributed by atoms with E-state index in [2.05, 4.69) is 4.98 Å². The van der Waals surface area contributed by atoms with Gasteiger partial charge >= 0.3 is 6.09 Å². The van der Waals surface area contributed by atoms with Gasteiger partial charge in [0, 0.05) is 6.20 Å². The van der Waals surface area contributed by atoms with Crippen LogP contribution in [0.3, 0.4) is 0 Å². The lowest BCUT2D eigenvalue weighted by Crippen LogP contribution is -2.36. The molecule has 2 aliphatic rings. The molecule has 140 valence electrons. The van der Waals surface area contributed by atoms with Crippen LogP contribution in [0.1, 0.15) is 52.3 Å². The van der Waals surface area contributed by atoms with E-state index < -0.39 is 6.09 Å². The molecule has 2 atom stereocenters. The van der Waals surface area contributed by atoms with E-state index in [9.17, 15) is 14.4 Å². The standard InChI is InChI=1S/C19H19N3O5/c1-2-26-19(25)21-10-15(20-11-21)16-8-7-12(27-16)9-22-17(23)13-5-3-4-6-14(13)18(22)24/h3-6,10-12,16H,2,7-9H2,1H3/t12-,16+/m0/s1. The summed E-state index contributed by atoms with van der Waals surface area (Å²) in [5, 5.41) is 0. The first-order valence-electron chi connectivity index (χ1n) is 8.90. The number of fused-ring (bicyclic) bond motifs is 1. The summed E-state index contributed by atoms with van der Waals surface area (Å²) in [6, 6.07) is 6.82. The van der Waals surface area contributed by atoms with E-state index in [1.165, 1.54) is 15.8 Å². The van der Waals surface area contributed by atoms with E-state index >= 15 is 0 Å². The minimum atomic E-state index is -0.489. The monoisotopic (exact) mass is 369 g/mol. The molecule has 0 unspecified atom stereocenters. The van der Waals surface area contributed by atoms with E-state index in [4.69, 9.17) is 9.47 Å². The molecule has 1 saturated heterocycles. The highest BCUT2D eigenvalue weighted by molar-refractivity contribution is 6.21. The van der Waals surface area contributed by atoms with Crippen molar-refractivity contribution in [2.45, 2.75) is 32.0 Å². The zero-order valence-corrected chi connectivity index (χ0v) is 14.8. The van der Waals surface area contributed by atoms with Crippen LogP contribution in [0.15, 0.2) is 36.8 Å². The number of benzene rings is 1. The van der Waals surface area contributed by atoms with Gasteiger partial charge in [-0.2, -0.15) is 0 Å². The summed E-state index contributed by atoms with van der Waals surface area (Å²) in [7, 11) is 0. The van der Waals surface area contributed by atoms with Gasteiger partial charge in [-0.15, -0.1) is 0 Å². The van der Waals surface area contributed by atoms with Crippen molar-refractivity contribution in [3.63, 3.8) is 0 Å². The molecular weight excluding hydrogens is 350 g/mol. The minimum absolute atomic E-state index is 0.210. The van der Waals surface area contributed by atoms with Crippen LogP contribution in [-0.4, -0.2) is 51.6 Å². The quantitative estimate of drug-likeness (QED) is 0.769. The summed E-state index contributed by atoms with van der Waals surface area (Å²) >= 11 is 0. The Hall–Kier alpha value is -3.00. The number of carbonyl (C=O) groups is 3. The third-order valence-electron chi connectivity index (χ3n) is 4.78. The van der Waals surface area contributed by atoms with E-state index in [1.54, 1.807) is 37.4 Å². The molecule has 27 heavy (non-hydrogen) atoms. The van der Waals surface area contributed by atoms with Gasteiger partial charge < -0.3 is 9.47 Å². The molecule has 1 aromatic carbocycles. The molecule has 2 aromatic rings. The largest absolute Gasteiger partial charge is 0.449 e. The van der Waals surface area contributed by atoms with Crippen molar-refractivity contribution in [2.75, 3.05) is 13.2 Å². The maximum Gasteiger partial charge on any atom is 0.419 e. The average molecular weight is 369 g/mol. The summed E-state index contributed by atoms with van der Waals surface area (Å²) in [5.74, 6) is -0.566. The number of rotatable bonds is 4. The molecule has 0 radical (unpaired) electrons. The van der Waals surface area contributed by atoms with Gasteiger partial charge in [0.05, 0.1) is 36.1 Å². The van der Waals surface area contributed by atoms with Crippen LogP contribution in [0.4, 0.5) is 4.79 Å². The predicted molar refractivity (Wildman–Crippen MR) is 93.3 cm³/mol. The SMILES string of the molecule is CCOC(=O)n1cnc([C@H]2CC[C@@H](CN3C(=O)c4ccccc4C3=O)O2)c1. The van der Waals surface area contributed by atoms with Crippen LogP contribution in [-0.2, 0) is 9.47 Å². The van der Waals surface area contributed by atoms with Gasteiger partial charge in [-0.05, 0) is 31.9 Å². The fraction of sp³-hybridized carbons (Fsp3) is 0.368. The molecule has 0 spiro atoms. The van der Waals surface area contributed by atoms with Crippen molar-refractivity contribution in [3.05, 3.63) is 53.6 Å². The zero-order valence-electron chi connectivity index (χ0n) is 14.8. The molecule has 4 rings (SSSR count). The van der Waals surface area contributed by atoms with E-state index in [-0.39, 0.29) is 37.2 Å². The Morgan fingerprint density at radius 1 is 1.22 bits per heavy atom. The lowest BCUT2D eigenvalue weighted by molar-refractivity contribution is 0.0203. The highest BCUT2D eigenvalue weighted by Gasteiger charge is 2.38. The van der Waals surface area contributed by atoms with Crippen LogP contribution in [0.2, 0.25) is 0 Å². The van der Waals surface area contributed by atoms with Crippen molar-refractivity contribution >= 4 is 17.9 Å². The summed E-state index contributed by atoms with van der Waals surface area (Å²) in [5.41, 5.74) is 1.50. The minimum Gasteiger partial charge on any atom is -0.449 e. The average Bonchev–Trinajstić information content (AvgIpc) is 3.38. The molecule has 0 N–H and O–H groups in total. The van der Waals surface area contributed by atoms with Crippen molar-refractivity contribution in [1.29, 1.82) is 0 Å². The first-order valence-corrected chi connectivity index (χ1v) is 8.90. The Bertz CT molecular complexity index is 871. The maximum atomic E-state index is 12.5. The molecule has 0 saturated carbocycles. The van der Waals surface area contributed by atoms with Crippen molar-refractivity contribution < 1.29 is 23.9 Å². The number of hydrogen-bond donors (Lipinski definition) is 0. The highest BCUT2D eigenvalue weighted by Crippen LogP contribution is 2.33. The van der Waals surface area contributed by atoms with Gasteiger partial charge in [0.15, 0.2) is 0 Å². The van der Waals surface area contributed by atoms with Crippen LogP contribution in [0, 0.1) is 0 Å². The summed E-state index contributed by atoms with van der Waals surface area (Å²) in [6.07, 6.45) is 3.36. The third kappa shape index (κ3) is 3.12. The second-order valence-corrected chi connectivity index (χ2v) is 6.50. The molecule has 2 amide bonds. The lowest BCUT2D eigenvalue weighted by atomic mass is 10.1. The fourth-order valence-electron chi connectivity index (χ4n) is 3.47. The number of imidazole rings is 1. The van der Waals surface area contributed by atoms with Gasteiger partial charge in [-0.25, -0.2) is 14.3 Å². The topological polar surface area (TPSA) is 90.7 Å². The Labute approximate surface area is 155 Å². The molecule has 2 aliphatic heterocycles. The predicted octanol–water partition coefficient (Wildman–Crippen LogP) is 2.40. The van der Waals surface area contributed by atoms with Crippen molar-refractivity contribution in [2.24, 2.45) is 0 Å². The van der Waals surface area contributed by atoms with Crippen molar-refractivity contribution in [1.82, 2.24) is 14.5 Å². The van der Waals surface area contributed by atoms with Crippen LogP contribution in [0.25, 0.3) is 0 Å². The van der Waals surface area contributed by atoms with E-state index in [0.717, 1.165) is 0 Å². The molecule has 0 aliphatic carbocycles. The summed E-state index contributed by atoms with van der Waals surface area (Å²) < 4.78 is 12.2. The number of nitrogens with zero attached hydrogens (tertiary/aromatic N) is 3. The Kier molecular flexibility index (Phi) is 4.49. The van der Waals surface area contributed by atoms with Gasteiger partial charge in [0.25, 0.3) is 11.8 Å².